The molecule has 1 aromatic rings. The average Bonchev–Trinajstić information content (AvgIpc) is 3.01. The fraction of sp³-hybridized carbons (Fsp3) is 0.526. The second-order valence-electron chi connectivity index (χ2n) is 6.62. The van der Waals surface area contributed by atoms with E-state index in [1.54, 1.807) is 24.3 Å². The highest BCUT2D eigenvalue weighted by Gasteiger charge is 2.29. The second kappa shape index (κ2) is 10.2. The van der Waals surface area contributed by atoms with Gasteiger partial charge in [-0.3, -0.25) is 14.4 Å². The minimum Gasteiger partial charge on any atom is -0.494 e. The van der Waals surface area contributed by atoms with Crippen molar-refractivity contribution in [2.24, 2.45) is 0 Å². The zero-order valence-electron chi connectivity index (χ0n) is 15.8. The highest BCUT2D eigenvalue weighted by molar-refractivity contribution is 7.91. The number of benzene rings is 1. The number of amides is 1. The Morgan fingerprint density at radius 2 is 1.86 bits per heavy atom. The number of carbonyl (C=O) groups is 3. The number of ether oxygens (including phenoxy) is 2. The number of carbonyl (C=O) groups excluding carboxylic acids is 3. The second-order valence-corrected chi connectivity index (χ2v) is 8.85. The minimum atomic E-state index is -3.09. The third-order valence-corrected chi connectivity index (χ3v) is 5.94. The Balaban J connectivity index is 1.67. The van der Waals surface area contributed by atoms with Crippen LogP contribution in [-0.2, 0) is 24.2 Å². The first-order valence-corrected chi connectivity index (χ1v) is 11.0. The van der Waals surface area contributed by atoms with Gasteiger partial charge in [-0.25, -0.2) is 8.42 Å². The van der Waals surface area contributed by atoms with Crippen LogP contribution >= 0.6 is 0 Å². The van der Waals surface area contributed by atoms with Crippen LogP contribution in [0.25, 0.3) is 0 Å². The Hall–Kier alpha value is -2.42. The van der Waals surface area contributed by atoms with Crippen molar-refractivity contribution in [3.05, 3.63) is 29.8 Å². The van der Waals surface area contributed by atoms with Gasteiger partial charge >= 0.3 is 5.97 Å². The highest BCUT2D eigenvalue weighted by Crippen LogP contribution is 2.14. The van der Waals surface area contributed by atoms with Gasteiger partial charge in [0.05, 0.1) is 24.5 Å². The summed E-state index contributed by atoms with van der Waals surface area (Å²) < 4.78 is 33.0. The number of ketones is 1. The molecule has 1 heterocycles. The van der Waals surface area contributed by atoms with Gasteiger partial charge in [0.25, 0.3) is 5.91 Å². The lowest BCUT2D eigenvalue weighted by atomic mass is 10.1. The number of sulfone groups is 1. The van der Waals surface area contributed by atoms with Crippen LogP contribution in [0.3, 0.4) is 0 Å². The quantitative estimate of drug-likeness (QED) is 0.455. The molecule has 1 fully saturated rings. The lowest BCUT2D eigenvalue weighted by Crippen LogP contribution is -2.38. The summed E-state index contributed by atoms with van der Waals surface area (Å²) in [6, 6.07) is 6.25. The van der Waals surface area contributed by atoms with Gasteiger partial charge in [0.2, 0.25) is 0 Å². The maximum atomic E-state index is 12.1. The van der Waals surface area contributed by atoms with Gasteiger partial charge in [-0.1, -0.05) is 6.92 Å². The van der Waals surface area contributed by atoms with Crippen LogP contribution in [0, 0.1) is 0 Å². The molecule has 9 heteroatoms. The molecule has 0 bridgehead atoms. The fourth-order valence-corrected chi connectivity index (χ4v) is 4.39. The summed E-state index contributed by atoms with van der Waals surface area (Å²) in [4.78, 5) is 35.6. The molecule has 8 nitrogen and oxygen atoms in total. The monoisotopic (exact) mass is 411 g/mol. The van der Waals surface area contributed by atoms with E-state index in [0.717, 1.165) is 6.42 Å². The summed E-state index contributed by atoms with van der Waals surface area (Å²) in [5, 5.41) is 2.53. The van der Waals surface area contributed by atoms with Gasteiger partial charge in [-0.05, 0) is 37.1 Å². The summed E-state index contributed by atoms with van der Waals surface area (Å²) in [7, 11) is -3.09. The molecule has 28 heavy (non-hydrogen) atoms. The molecule has 0 saturated carbocycles. The molecular weight excluding hydrogens is 386 g/mol. The molecular formula is C19H25NO7S. The van der Waals surface area contributed by atoms with E-state index in [1.165, 1.54) is 0 Å². The molecule has 0 unspecified atom stereocenters. The van der Waals surface area contributed by atoms with E-state index in [4.69, 9.17) is 9.47 Å². The predicted molar refractivity (Wildman–Crippen MR) is 102 cm³/mol. The first-order chi connectivity index (χ1) is 13.3. The van der Waals surface area contributed by atoms with E-state index in [9.17, 15) is 22.8 Å². The maximum Gasteiger partial charge on any atom is 0.306 e. The van der Waals surface area contributed by atoms with Crippen molar-refractivity contribution in [1.82, 2.24) is 5.32 Å². The molecule has 1 saturated heterocycles. The van der Waals surface area contributed by atoms with E-state index in [2.05, 4.69) is 5.32 Å². The fourth-order valence-electron chi connectivity index (χ4n) is 2.71. The van der Waals surface area contributed by atoms with Gasteiger partial charge < -0.3 is 14.8 Å². The summed E-state index contributed by atoms with van der Waals surface area (Å²) >= 11 is 0. The topological polar surface area (TPSA) is 116 Å². The zero-order chi connectivity index (χ0) is 20.6. The third-order valence-electron chi connectivity index (χ3n) is 4.17. The molecule has 1 N–H and O–H groups in total. The van der Waals surface area contributed by atoms with E-state index < -0.39 is 34.4 Å². The van der Waals surface area contributed by atoms with Crippen LogP contribution in [0.5, 0.6) is 5.75 Å². The summed E-state index contributed by atoms with van der Waals surface area (Å²) in [5.74, 6) is -0.789. The average molecular weight is 411 g/mol. The first kappa shape index (κ1) is 21.9. The van der Waals surface area contributed by atoms with Crippen molar-refractivity contribution >= 4 is 27.5 Å². The van der Waals surface area contributed by atoms with Crippen molar-refractivity contribution in [2.45, 2.75) is 38.6 Å². The SMILES string of the molecule is CCCOc1ccc(C(=O)CCC(=O)OCC(=O)N[C@@H]2CCS(=O)(=O)C2)cc1. The van der Waals surface area contributed by atoms with Crippen LogP contribution in [0.2, 0.25) is 0 Å². The number of Topliss-reactive ketones (excluding diaryl/α,β-unsaturated/α-hetero) is 1. The minimum absolute atomic E-state index is 0.0313. The Bertz CT molecular complexity index is 802. The lowest BCUT2D eigenvalue weighted by molar-refractivity contribution is -0.148. The number of nitrogens with one attached hydrogen (secondary N) is 1. The molecule has 1 atom stereocenters. The number of rotatable bonds is 10. The molecule has 1 aliphatic rings. The van der Waals surface area contributed by atoms with Crippen LogP contribution in [0.1, 0.15) is 43.0 Å². The van der Waals surface area contributed by atoms with E-state index in [1.807, 2.05) is 6.92 Å². The van der Waals surface area contributed by atoms with Crippen LogP contribution in [0.4, 0.5) is 0 Å². The summed E-state index contributed by atoms with van der Waals surface area (Å²) in [5.41, 5.74) is 0.469. The molecule has 0 aromatic heterocycles. The van der Waals surface area contributed by atoms with Gasteiger partial charge in [0.1, 0.15) is 5.75 Å². The van der Waals surface area contributed by atoms with Gasteiger partial charge in [-0.15, -0.1) is 0 Å². The van der Waals surface area contributed by atoms with Crippen LogP contribution in [-0.4, -0.2) is 56.8 Å². The highest BCUT2D eigenvalue weighted by atomic mass is 32.2. The molecule has 154 valence electrons. The van der Waals surface area contributed by atoms with Gasteiger partial charge in [0, 0.05) is 18.0 Å². The standard InChI is InChI=1S/C19H25NO7S/c1-2-10-26-16-5-3-14(4-6-16)17(21)7-8-19(23)27-12-18(22)20-15-9-11-28(24,25)13-15/h3-6,15H,2,7-13H2,1H3,(H,20,22)/t15-/m1/s1. The predicted octanol–water partition coefficient (Wildman–Crippen LogP) is 1.28. The maximum absolute atomic E-state index is 12.1. The van der Waals surface area contributed by atoms with Gasteiger partial charge in [0.15, 0.2) is 22.2 Å². The Kier molecular flexibility index (Phi) is 7.98. The van der Waals surface area contributed by atoms with Crippen LogP contribution < -0.4 is 10.1 Å². The first-order valence-electron chi connectivity index (χ1n) is 9.20. The normalized spacial score (nSPS) is 17.7. The molecule has 0 aliphatic carbocycles. The van der Waals surface area contributed by atoms with Crippen molar-refractivity contribution in [3.63, 3.8) is 0 Å². The van der Waals surface area contributed by atoms with E-state index >= 15 is 0 Å². The summed E-state index contributed by atoms with van der Waals surface area (Å²) in [6.45, 7) is 2.11. The van der Waals surface area contributed by atoms with E-state index in [-0.39, 0.29) is 30.1 Å². The number of esters is 1. The number of hydrogen-bond acceptors (Lipinski definition) is 7. The molecule has 1 aromatic carbocycles. The van der Waals surface area contributed by atoms with Gasteiger partial charge in [-0.2, -0.15) is 0 Å². The Morgan fingerprint density at radius 3 is 2.46 bits per heavy atom. The summed E-state index contributed by atoms with van der Waals surface area (Å²) in [6.07, 6.45) is 1.08. The third kappa shape index (κ3) is 7.30. The molecule has 1 amide bonds. The molecule has 1 aliphatic heterocycles. The Labute approximate surface area is 164 Å². The molecule has 0 radical (unpaired) electrons. The van der Waals surface area contributed by atoms with E-state index in [0.29, 0.717) is 24.3 Å². The largest absolute Gasteiger partial charge is 0.494 e. The smallest absolute Gasteiger partial charge is 0.306 e. The lowest BCUT2D eigenvalue weighted by Gasteiger charge is -2.11. The van der Waals surface area contributed by atoms with Crippen molar-refractivity contribution in [3.8, 4) is 5.75 Å². The van der Waals surface area contributed by atoms with Crippen molar-refractivity contribution in [2.75, 3.05) is 24.7 Å². The Morgan fingerprint density at radius 1 is 1.14 bits per heavy atom. The molecule has 0 spiro atoms. The van der Waals surface area contributed by atoms with Crippen LogP contribution in [0.15, 0.2) is 24.3 Å². The zero-order valence-corrected chi connectivity index (χ0v) is 16.6. The number of hydrogen-bond donors (Lipinski definition) is 1. The van der Waals surface area contributed by atoms with Crippen molar-refractivity contribution < 1.29 is 32.3 Å². The molecule has 2 rings (SSSR count). The van der Waals surface area contributed by atoms with Crippen molar-refractivity contribution in [1.29, 1.82) is 0 Å².